The Morgan fingerprint density at radius 3 is 2.75 bits per heavy atom. The highest BCUT2D eigenvalue weighted by Crippen LogP contribution is 2.40. The minimum atomic E-state index is 0.692. The maximum Gasteiger partial charge on any atom is 0.0626 e. The van der Waals surface area contributed by atoms with Crippen molar-refractivity contribution in [3.05, 3.63) is 0 Å². The van der Waals surface area contributed by atoms with Gasteiger partial charge >= 0.3 is 0 Å². The van der Waals surface area contributed by atoms with Crippen LogP contribution in [0.4, 0.5) is 0 Å². The average Bonchev–Trinajstić information content (AvgIpc) is 2.34. The number of rotatable bonds is 2. The summed E-state index contributed by atoms with van der Waals surface area (Å²) >= 11 is 0. The molecule has 0 bridgehead atoms. The van der Waals surface area contributed by atoms with Crippen LogP contribution in [0, 0.1) is 5.92 Å². The zero-order valence-corrected chi connectivity index (χ0v) is 8.29. The SMILES string of the molecule is CCC1C2COCC2N1C(C)C. The lowest BCUT2D eigenvalue weighted by atomic mass is 9.79. The topological polar surface area (TPSA) is 12.5 Å². The molecule has 0 radical (unpaired) electrons. The number of likely N-dealkylation sites (tertiary alicyclic amines) is 1. The fraction of sp³-hybridized carbons (Fsp3) is 1.00. The van der Waals surface area contributed by atoms with E-state index in [0.29, 0.717) is 6.04 Å². The molecule has 2 rings (SSSR count). The van der Waals surface area contributed by atoms with Crippen LogP contribution < -0.4 is 0 Å². The van der Waals surface area contributed by atoms with Gasteiger partial charge in [0, 0.05) is 24.0 Å². The molecule has 0 aromatic carbocycles. The van der Waals surface area contributed by atoms with Gasteiger partial charge in [-0.2, -0.15) is 0 Å². The first-order chi connectivity index (χ1) is 5.75. The van der Waals surface area contributed by atoms with Crippen molar-refractivity contribution in [2.24, 2.45) is 5.92 Å². The molecule has 2 aliphatic heterocycles. The third kappa shape index (κ3) is 1.01. The van der Waals surface area contributed by atoms with Gasteiger partial charge < -0.3 is 4.74 Å². The Morgan fingerprint density at radius 2 is 2.17 bits per heavy atom. The van der Waals surface area contributed by atoms with E-state index in [2.05, 4.69) is 25.7 Å². The predicted octanol–water partition coefficient (Wildman–Crippen LogP) is 1.50. The molecule has 3 atom stereocenters. The molecular weight excluding hydrogens is 150 g/mol. The number of fused-ring (bicyclic) bond motifs is 1. The van der Waals surface area contributed by atoms with E-state index in [0.717, 1.165) is 31.2 Å². The molecule has 0 aromatic heterocycles. The smallest absolute Gasteiger partial charge is 0.0626 e. The second-order valence-corrected chi connectivity index (χ2v) is 4.29. The van der Waals surface area contributed by atoms with Gasteiger partial charge in [0.05, 0.1) is 13.2 Å². The van der Waals surface area contributed by atoms with Gasteiger partial charge in [0.2, 0.25) is 0 Å². The second kappa shape index (κ2) is 3.00. The highest BCUT2D eigenvalue weighted by atomic mass is 16.5. The van der Waals surface area contributed by atoms with Gasteiger partial charge in [-0.15, -0.1) is 0 Å². The Bertz CT molecular complexity index is 169. The molecule has 2 heterocycles. The first kappa shape index (κ1) is 8.52. The summed E-state index contributed by atoms with van der Waals surface area (Å²) in [4.78, 5) is 2.62. The Morgan fingerprint density at radius 1 is 1.42 bits per heavy atom. The molecule has 2 heteroatoms. The molecule has 0 spiro atoms. The molecule has 0 saturated carbocycles. The van der Waals surface area contributed by atoms with Gasteiger partial charge in [0.15, 0.2) is 0 Å². The summed E-state index contributed by atoms with van der Waals surface area (Å²) in [6, 6.07) is 2.24. The van der Waals surface area contributed by atoms with Crippen LogP contribution >= 0.6 is 0 Å². The number of ether oxygens (including phenoxy) is 1. The van der Waals surface area contributed by atoms with Crippen LogP contribution in [0.2, 0.25) is 0 Å². The summed E-state index contributed by atoms with van der Waals surface area (Å²) < 4.78 is 5.50. The van der Waals surface area contributed by atoms with E-state index in [4.69, 9.17) is 4.74 Å². The minimum Gasteiger partial charge on any atom is -0.379 e. The summed E-state index contributed by atoms with van der Waals surface area (Å²) in [5.74, 6) is 0.845. The summed E-state index contributed by atoms with van der Waals surface area (Å²) in [7, 11) is 0. The first-order valence-corrected chi connectivity index (χ1v) is 5.11. The second-order valence-electron chi connectivity index (χ2n) is 4.29. The number of hydrogen-bond acceptors (Lipinski definition) is 2. The van der Waals surface area contributed by atoms with Crippen LogP contribution in [0.25, 0.3) is 0 Å². The van der Waals surface area contributed by atoms with E-state index < -0.39 is 0 Å². The Kier molecular flexibility index (Phi) is 2.13. The van der Waals surface area contributed by atoms with Crippen molar-refractivity contribution in [3.63, 3.8) is 0 Å². The van der Waals surface area contributed by atoms with E-state index >= 15 is 0 Å². The third-order valence-electron chi connectivity index (χ3n) is 3.37. The van der Waals surface area contributed by atoms with Gasteiger partial charge in [0.25, 0.3) is 0 Å². The fourth-order valence-corrected chi connectivity index (χ4v) is 2.88. The predicted molar refractivity (Wildman–Crippen MR) is 49.2 cm³/mol. The van der Waals surface area contributed by atoms with Crippen LogP contribution in [-0.4, -0.2) is 36.2 Å². The Labute approximate surface area is 74.9 Å². The molecule has 12 heavy (non-hydrogen) atoms. The number of hydrogen-bond donors (Lipinski definition) is 0. The Hall–Kier alpha value is -0.0800. The molecule has 0 aromatic rings. The van der Waals surface area contributed by atoms with Gasteiger partial charge in [-0.3, -0.25) is 4.90 Å². The summed E-state index contributed by atoms with van der Waals surface area (Å²) in [6.45, 7) is 8.84. The molecule has 0 amide bonds. The van der Waals surface area contributed by atoms with E-state index in [1.807, 2.05) is 0 Å². The number of nitrogens with zero attached hydrogens (tertiary/aromatic N) is 1. The van der Waals surface area contributed by atoms with Crippen molar-refractivity contribution >= 4 is 0 Å². The van der Waals surface area contributed by atoms with Crippen molar-refractivity contribution in [3.8, 4) is 0 Å². The van der Waals surface area contributed by atoms with Crippen LogP contribution in [-0.2, 0) is 4.74 Å². The minimum absolute atomic E-state index is 0.692. The maximum absolute atomic E-state index is 5.50. The molecule has 2 aliphatic rings. The van der Waals surface area contributed by atoms with E-state index in [1.165, 1.54) is 6.42 Å². The zero-order chi connectivity index (χ0) is 8.72. The van der Waals surface area contributed by atoms with Crippen LogP contribution in [0.5, 0.6) is 0 Å². The van der Waals surface area contributed by atoms with Crippen molar-refractivity contribution in [2.75, 3.05) is 13.2 Å². The average molecular weight is 169 g/mol. The van der Waals surface area contributed by atoms with Crippen molar-refractivity contribution in [1.29, 1.82) is 0 Å². The van der Waals surface area contributed by atoms with Crippen LogP contribution in [0.3, 0.4) is 0 Å². The lowest BCUT2D eigenvalue weighted by molar-refractivity contribution is -0.0522. The van der Waals surface area contributed by atoms with Crippen molar-refractivity contribution in [2.45, 2.75) is 45.3 Å². The van der Waals surface area contributed by atoms with Crippen molar-refractivity contribution < 1.29 is 4.74 Å². The summed E-state index contributed by atoms with van der Waals surface area (Å²) in [5.41, 5.74) is 0. The standard InChI is InChI=1S/C10H19NO/c1-4-9-8-5-12-6-10(8)11(9)7(2)3/h7-10H,4-6H2,1-3H3. The van der Waals surface area contributed by atoms with Gasteiger partial charge in [-0.25, -0.2) is 0 Å². The molecule has 70 valence electrons. The molecule has 2 saturated heterocycles. The van der Waals surface area contributed by atoms with Gasteiger partial charge in [-0.05, 0) is 20.3 Å². The van der Waals surface area contributed by atoms with Gasteiger partial charge in [-0.1, -0.05) is 6.92 Å². The van der Waals surface area contributed by atoms with E-state index in [9.17, 15) is 0 Å². The van der Waals surface area contributed by atoms with Crippen LogP contribution in [0.15, 0.2) is 0 Å². The Balaban J connectivity index is 2.04. The lowest BCUT2D eigenvalue weighted by Gasteiger charge is -2.53. The lowest BCUT2D eigenvalue weighted by Crippen LogP contribution is -2.65. The molecule has 2 fully saturated rings. The summed E-state index contributed by atoms with van der Waals surface area (Å²) in [5, 5.41) is 0. The van der Waals surface area contributed by atoms with Crippen LogP contribution in [0.1, 0.15) is 27.2 Å². The van der Waals surface area contributed by atoms with E-state index in [-0.39, 0.29) is 0 Å². The molecular formula is C10H19NO. The monoisotopic (exact) mass is 169 g/mol. The maximum atomic E-state index is 5.50. The van der Waals surface area contributed by atoms with E-state index in [1.54, 1.807) is 0 Å². The molecule has 0 N–H and O–H groups in total. The highest BCUT2D eigenvalue weighted by Gasteiger charge is 2.51. The zero-order valence-electron chi connectivity index (χ0n) is 8.29. The largest absolute Gasteiger partial charge is 0.379 e. The quantitative estimate of drug-likeness (QED) is 0.621. The molecule has 0 aliphatic carbocycles. The highest BCUT2D eigenvalue weighted by molar-refractivity contribution is 5.03. The first-order valence-electron chi connectivity index (χ1n) is 5.11. The third-order valence-corrected chi connectivity index (χ3v) is 3.37. The van der Waals surface area contributed by atoms with Crippen molar-refractivity contribution in [1.82, 2.24) is 4.90 Å². The normalized spacial score (nSPS) is 41.5. The van der Waals surface area contributed by atoms with Gasteiger partial charge in [0.1, 0.15) is 0 Å². The fourth-order valence-electron chi connectivity index (χ4n) is 2.88. The molecule has 2 nitrogen and oxygen atoms in total. The molecule has 3 unspecified atom stereocenters. The summed E-state index contributed by atoms with van der Waals surface area (Å²) in [6.07, 6.45) is 1.28.